The minimum Gasteiger partial charge on any atom is -0.497 e. The van der Waals surface area contributed by atoms with Gasteiger partial charge in [0.2, 0.25) is 0 Å². The Hall–Kier alpha value is -8.26. The number of hydrogen-bond acceptors (Lipinski definition) is 14. The first-order valence-electron chi connectivity index (χ1n) is 23.5. The van der Waals surface area contributed by atoms with Crippen LogP contribution in [-0.2, 0) is 44.7 Å². The van der Waals surface area contributed by atoms with Crippen LogP contribution >= 0.6 is 0 Å². The molecule has 0 aliphatic carbocycles. The van der Waals surface area contributed by atoms with E-state index in [4.69, 9.17) is 23.7 Å². The molecule has 0 fully saturated rings. The maximum absolute atomic E-state index is 13.5. The lowest BCUT2D eigenvalue weighted by atomic mass is 10.0. The number of benzene rings is 3. The summed E-state index contributed by atoms with van der Waals surface area (Å²) in [6, 6.07) is 18.5. The van der Waals surface area contributed by atoms with Crippen LogP contribution in [0.15, 0.2) is 79.1 Å². The van der Waals surface area contributed by atoms with Gasteiger partial charge in [-0.15, -0.1) is 0 Å². The van der Waals surface area contributed by atoms with Gasteiger partial charge in [-0.05, 0) is 106 Å². The molecule has 2 atom stereocenters. The first-order chi connectivity index (χ1) is 34.6. The van der Waals surface area contributed by atoms with Crippen LogP contribution < -0.4 is 25.4 Å². The van der Waals surface area contributed by atoms with Gasteiger partial charge >= 0.3 is 29.9 Å². The average molecular weight is 989 g/mol. The fourth-order valence-electron chi connectivity index (χ4n) is 7.72. The van der Waals surface area contributed by atoms with Gasteiger partial charge in [-0.1, -0.05) is 38.1 Å². The number of methoxy groups -OCH3 is 1. The Morgan fingerprint density at radius 2 is 1.57 bits per heavy atom. The van der Waals surface area contributed by atoms with Crippen molar-refractivity contribution in [1.29, 1.82) is 0 Å². The van der Waals surface area contributed by atoms with Crippen LogP contribution in [0.25, 0.3) is 22.8 Å². The summed E-state index contributed by atoms with van der Waals surface area (Å²) < 4.78 is 26.6. The highest BCUT2D eigenvalue weighted by atomic mass is 16.6. The third-order valence-electron chi connectivity index (χ3n) is 11.8. The number of H-pyrrole nitrogens is 2. The minimum absolute atomic E-state index is 0.0327. The van der Waals surface area contributed by atoms with Gasteiger partial charge < -0.3 is 54.4 Å². The van der Waals surface area contributed by atoms with Crippen molar-refractivity contribution in [1.82, 2.24) is 30.3 Å². The van der Waals surface area contributed by atoms with E-state index in [0.717, 1.165) is 36.3 Å². The standard InChI is InChI=1S/C52H60N8O12/c1-8-59(9-2)22-21-53-49(64)47-31(3)44(56-32(47)4)27-42-41-26-40(17-18-43(41)58-48(42)63)72-46(62)20-19-45(61)70-34(6)51(66)71-33(5)50(65)69-24-23-60(30-35-11-10-12-39(25-35)68-7)52(67)57-38-15-13-36(14-16-38)37-28-54-55-29-37/h10-18,25-29,33-34,56H,8-9,19-24,30H2,1-7H3,(H,53,64)(H,54,55)(H,57,67)(H,58,63)/b42-27-/t33-,34-/m0/s1. The molecule has 5 N–H and O–H groups in total. The third kappa shape index (κ3) is 14.2. The molecule has 5 aromatic rings. The van der Waals surface area contributed by atoms with Gasteiger partial charge in [0, 0.05) is 59.7 Å². The molecular weight excluding hydrogens is 929 g/mol. The number of aryl methyl sites for hydroxylation is 1. The molecule has 6 rings (SSSR count). The largest absolute Gasteiger partial charge is 0.497 e. The predicted molar refractivity (Wildman–Crippen MR) is 267 cm³/mol. The van der Waals surface area contributed by atoms with Crippen molar-refractivity contribution in [2.75, 3.05) is 57.1 Å². The lowest BCUT2D eigenvalue weighted by Gasteiger charge is -2.24. The van der Waals surface area contributed by atoms with Crippen molar-refractivity contribution in [2.24, 2.45) is 0 Å². The van der Waals surface area contributed by atoms with Gasteiger partial charge in [-0.3, -0.25) is 24.3 Å². The zero-order chi connectivity index (χ0) is 51.9. The quantitative estimate of drug-likeness (QED) is 0.0205. The Morgan fingerprint density at radius 1 is 0.833 bits per heavy atom. The number of aromatic amines is 2. The number of anilines is 2. The second kappa shape index (κ2) is 25.0. The molecule has 4 amide bonds. The van der Waals surface area contributed by atoms with Crippen LogP contribution in [0, 0.1) is 13.8 Å². The summed E-state index contributed by atoms with van der Waals surface area (Å²) in [6.45, 7) is 13.1. The number of fused-ring (bicyclic) bond motifs is 1. The van der Waals surface area contributed by atoms with Crippen LogP contribution in [0.3, 0.4) is 0 Å². The molecular formula is C52H60N8O12. The molecule has 1 aliphatic rings. The van der Waals surface area contributed by atoms with Gasteiger partial charge in [0.1, 0.15) is 18.1 Å². The molecule has 3 heterocycles. The topological polar surface area (TPSA) is 253 Å². The van der Waals surface area contributed by atoms with Crippen LogP contribution in [0.1, 0.15) is 79.0 Å². The number of aromatic nitrogens is 3. The molecule has 20 nitrogen and oxygen atoms in total. The summed E-state index contributed by atoms with van der Waals surface area (Å²) in [6.07, 6.45) is 1.38. The molecule has 0 saturated heterocycles. The predicted octanol–water partition coefficient (Wildman–Crippen LogP) is 6.42. The highest BCUT2D eigenvalue weighted by Gasteiger charge is 2.29. The van der Waals surface area contributed by atoms with E-state index < -0.39 is 55.0 Å². The number of ether oxygens (including phenoxy) is 5. The summed E-state index contributed by atoms with van der Waals surface area (Å²) in [5.41, 5.74) is 6.69. The summed E-state index contributed by atoms with van der Waals surface area (Å²) in [5, 5.41) is 15.4. The molecule has 0 unspecified atom stereocenters. The summed E-state index contributed by atoms with van der Waals surface area (Å²) >= 11 is 0. The number of carbonyl (C=O) groups excluding carboxylic acids is 7. The number of likely N-dealkylation sites (N-methyl/N-ethyl adjacent to an activating group) is 1. The van der Waals surface area contributed by atoms with Crippen molar-refractivity contribution in [3.63, 3.8) is 0 Å². The number of esters is 4. The zero-order valence-corrected chi connectivity index (χ0v) is 41.3. The smallest absolute Gasteiger partial charge is 0.347 e. The number of carbonyl (C=O) groups is 7. The molecule has 3 aromatic carbocycles. The van der Waals surface area contributed by atoms with Crippen molar-refractivity contribution >= 4 is 64.7 Å². The number of amides is 4. The van der Waals surface area contributed by atoms with E-state index in [0.29, 0.717) is 51.7 Å². The van der Waals surface area contributed by atoms with E-state index in [9.17, 15) is 33.6 Å². The number of rotatable bonds is 23. The molecule has 0 saturated carbocycles. The Kier molecular flexibility index (Phi) is 18.5. The SMILES string of the molecule is CCN(CC)CCNC(=O)c1c(C)[nH]c(/C=C2\C(=O)Nc3ccc(OC(=O)CCC(=O)O[C@@H](C)C(=O)O[C@@H](C)C(=O)OCCN(Cc4cccc(OC)c4)C(=O)Nc4ccc(-c5cn[nH]c5)cc4)cc32)c1C. The summed E-state index contributed by atoms with van der Waals surface area (Å²) in [5.74, 6) is -3.52. The van der Waals surface area contributed by atoms with Crippen LogP contribution in [0.5, 0.6) is 11.5 Å². The Labute approximate surface area is 416 Å². The first kappa shape index (κ1) is 53.1. The summed E-state index contributed by atoms with van der Waals surface area (Å²) in [7, 11) is 1.53. The molecule has 0 spiro atoms. The van der Waals surface area contributed by atoms with E-state index in [2.05, 4.69) is 49.9 Å². The van der Waals surface area contributed by atoms with Crippen molar-refractivity contribution < 1.29 is 57.2 Å². The van der Waals surface area contributed by atoms with Crippen molar-refractivity contribution in [2.45, 2.75) is 73.1 Å². The molecule has 1 aliphatic heterocycles. The molecule has 20 heteroatoms. The maximum atomic E-state index is 13.5. The van der Waals surface area contributed by atoms with E-state index in [-0.39, 0.29) is 42.8 Å². The number of nitrogens with one attached hydrogen (secondary N) is 5. The number of urea groups is 1. The summed E-state index contributed by atoms with van der Waals surface area (Å²) in [4.78, 5) is 97.9. The third-order valence-corrected chi connectivity index (χ3v) is 11.8. The van der Waals surface area contributed by atoms with Gasteiger partial charge in [0.05, 0.1) is 43.8 Å². The molecule has 380 valence electrons. The zero-order valence-electron chi connectivity index (χ0n) is 41.3. The van der Waals surface area contributed by atoms with Crippen molar-refractivity contribution in [3.8, 4) is 22.6 Å². The van der Waals surface area contributed by atoms with E-state index in [1.165, 1.54) is 38.0 Å². The molecule has 0 bridgehead atoms. The highest BCUT2D eigenvalue weighted by molar-refractivity contribution is 6.35. The maximum Gasteiger partial charge on any atom is 0.347 e. The Balaban J connectivity index is 0.956. The lowest BCUT2D eigenvalue weighted by Crippen LogP contribution is -2.38. The molecule has 2 aromatic heterocycles. The highest BCUT2D eigenvalue weighted by Crippen LogP contribution is 2.36. The van der Waals surface area contributed by atoms with Crippen LogP contribution in [-0.4, -0.2) is 125 Å². The van der Waals surface area contributed by atoms with Gasteiger partial charge in [0.25, 0.3) is 11.8 Å². The van der Waals surface area contributed by atoms with Gasteiger partial charge in [-0.2, -0.15) is 5.10 Å². The first-order valence-corrected chi connectivity index (χ1v) is 23.5. The Morgan fingerprint density at radius 3 is 2.28 bits per heavy atom. The second-order valence-electron chi connectivity index (χ2n) is 16.8. The number of hydrogen-bond donors (Lipinski definition) is 5. The van der Waals surface area contributed by atoms with Crippen LogP contribution in [0.4, 0.5) is 16.2 Å². The van der Waals surface area contributed by atoms with Crippen LogP contribution in [0.2, 0.25) is 0 Å². The average Bonchev–Trinajstić information content (AvgIpc) is 4.09. The van der Waals surface area contributed by atoms with Crippen molar-refractivity contribution in [3.05, 3.63) is 113 Å². The lowest BCUT2D eigenvalue weighted by molar-refractivity contribution is -0.177. The van der Waals surface area contributed by atoms with Gasteiger partial charge in [0.15, 0.2) is 12.2 Å². The normalized spacial score (nSPS) is 13.1. The minimum atomic E-state index is -1.44. The molecule has 0 radical (unpaired) electrons. The monoisotopic (exact) mass is 988 g/mol. The fraction of sp³-hybridized carbons (Fsp3) is 0.346. The van der Waals surface area contributed by atoms with E-state index >= 15 is 0 Å². The fourth-order valence-corrected chi connectivity index (χ4v) is 7.72. The Bertz CT molecular complexity index is 2780. The van der Waals surface area contributed by atoms with E-state index in [1.807, 2.05) is 18.2 Å². The van der Waals surface area contributed by atoms with E-state index in [1.54, 1.807) is 68.7 Å². The van der Waals surface area contributed by atoms with Gasteiger partial charge in [-0.25, -0.2) is 14.4 Å². The second-order valence-corrected chi connectivity index (χ2v) is 16.8. The number of nitrogens with zero attached hydrogens (tertiary/aromatic N) is 3. The molecule has 72 heavy (non-hydrogen) atoms.